The van der Waals surface area contributed by atoms with Crippen molar-refractivity contribution in [2.24, 2.45) is 0 Å². The van der Waals surface area contributed by atoms with Gasteiger partial charge in [-0.3, -0.25) is 9.59 Å². The van der Waals surface area contributed by atoms with E-state index in [0.29, 0.717) is 64.7 Å². The molecule has 2 amide bonds. The molecule has 3 aromatic rings. The molecule has 0 aliphatic carbocycles. The van der Waals surface area contributed by atoms with Crippen molar-refractivity contribution in [3.05, 3.63) is 69.4 Å². The van der Waals surface area contributed by atoms with E-state index in [4.69, 9.17) is 39.2 Å². The Morgan fingerprint density at radius 3 is 2.41 bits per heavy atom. The molecule has 0 unspecified atom stereocenters. The molecule has 1 aliphatic heterocycles. The highest BCUT2D eigenvalue weighted by Gasteiger charge is 2.22. The Morgan fingerprint density at radius 1 is 0.941 bits per heavy atom. The normalized spacial score (nSPS) is 13.8. The molecule has 34 heavy (non-hydrogen) atoms. The molecule has 6 nitrogen and oxygen atoms in total. The van der Waals surface area contributed by atoms with Gasteiger partial charge in [-0.25, -0.2) is 0 Å². The molecule has 0 saturated carbocycles. The summed E-state index contributed by atoms with van der Waals surface area (Å²) in [5, 5.41) is 4.33. The summed E-state index contributed by atoms with van der Waals surface area (Å²) >= 11 is 18.8. The average molecular weight is 521 g/mol. The maximum Gasteiger partial charge on any atom is 0.291 e. The van der Waals surface area contributed by atoms with Gasteiger partial charge in [0.25, 0.3) is 5.91 Å². The second-order valence-corrected chi connectivity index (χ2v) is 9.28. The van der Waals surface area contributed by atoms with E-state index in [1.54, 1.807) is 42.5 Å². The van der Waals surface area contributed by atoms with Gasteiger partial charge in [0.05, 0.1) is 15.7 Å². The predicted octanol–water partition coefficient (Wildman–Crippen LogP) is 6.61. The molecule has 0 radical (unpaired) electrons. The first-order valence-corrected chi connectivity index (χ1v) is 12.2. The van der Waals surface area contributed by atoms with Gasteiger partial charge in [0.15, 0.2) is 5.76 Å². The summed E-state index contributed by atoms with van der Waals surface area (Å²) in [4.78, 5) is 28.9. The summed E-state index contributed by atoms with van der Waals surface area (Å²) in [5.41, 5.74) is 2.03. The van der Waals surface area contributed by atoms with Crippen LogP contribution < -0.4 is 10.2 Å². The Morgan fingerprint density at radius 2 is 1.71 bits per heavy atom. The van der Waals surface area contributed by atoms with E-state index in [-0.39, 0.29) is 11.7 Å². The molecule has 0 bridgehead atoms. The molecule has 0 spiro atoms. The lowest BCUT2D eigenvalue weighted by molar-refractivity contribution is -0.131. The van der Waals surface area contributed by atoms with Crippen molar-refractivity contribution in [2.45, 2.75) is 19.8 Å². The van der Waals surface area contributed by atoms with Crippen LogP contribution in [0.1, 0.15) is 30.3 Å². The number of piperazine rings is 1. The molecule has 1 aliphatic rings. The van der Waals surface area contributed by atoms with E-state index in [9.17, 15) is 9.59 Å². The van der Waals surface area contributed by atoms with Crippen molar-refractivity contribution in [1.82, 2.24) is 4.90 Å². The molecule has 1 aromatic heterocycles. The van der Waals surface area contributed by atoms with Crippen molar-refractivity contribution in [3.8, 4) is 11.3 Å². The minimum atomic E-state index is -0.406. The second kappa shape index (κ2) is 10.7. The number of carbonyl (C=O) groups is 2. The fraction of sp³-hybridized carbons (Fsp3) is 0.280. The largest absolute Gasteiger partial charge is 0.451 e. The number of benzene rings is 2. The number of nitrogens with one attached hydrogen (secondary N) is 1. The van der Waals surface area contributed by atoms with E-state index in [2.05, 4.69) is 10.2 Å². The molecule has 4 rings (SSSR count). The zero-order valence-electron chi connectivity index (χ0n) is 18.6. The monoisotopic (exact) mass is 519 g/mol. The smallest absolute Gasteiger partial charge is 0.291 e. The fourth-order valence-electron chi connectivity index (χ4n) is 3.89. The molecule has 178 valence electrons. The van der Waals surface area contributed by atoms with Crippen LogP contribution >= 0.6 is 34.8 Å². The maximum atomic E-state index is 12.7. The summed E-state index contributed by atoms with van der Waals surface area (Å²) < 4.78 is 5.71. The number of carbonyl (C=O) groups excluding carboxylic acids is 2. The standard InChI is InChI=1S/C25H24Cl3N3O3/c1-2-3-24(32)31-12-10-30(11-13-31)21-7-5-17(15-20(21)28)29-25(33)23-9-8-22(34-23)18-14-16(26)4-6-19(18)27/h4-9,14-15H,2-3,10-13H2,1H3,(H,29,33). The number of nitrogens with zero attached hydrogens (tertiary/aromatic N) is 2. The number of amides is 2. The Labute approximate surface area is 213 Å². The first-order valence-electron chi connectivity index (χ1n) is 11.0. The third-order valence-electron chi connectivity index (χ3n) is 5.67. The van der Waals surface area contributed by atoms with Crippen molar-refractivity contribution in [2.75, 3.05) is 36.4 Å². The average Bonchev–Trinajstić information content (AvgIpc) is 3.31. The van der Waals surface area contributed by atoms with Crippen LogP contribution in [0.3, 0.4) is 0 Å². The van der Waals surface area contributed by atoms with Crippen molar-refractivity contribution in [1.29, 1.82) is 0 Å². The maximum absolute atomic E-state index is 12.7. The van der Waals surface area contributed by atoms with Gasteiger partial charge >= 0.3 is 0 Å². The number of halogens is 3. The Bertz CT molecular complexity index is 1200. The Balaban J connectivity index is 1.40. The zero-order chi connectivity index (χ0) is 24.2. The summed E-state index contributed by atoms with van der Waals surface area (Å²) in [6.07, 6.45) is 1.43. The highest BCUT2D eigenvalue weighted by atomic mass is 35.5. The number of hydrogen-bond donors (Lipinski definition) is 1. The van der Waals surface area contributed by atoms with E-state index < -0.39 is 5.91 Å². The summed E-state index contributed by atoms with van der Waals surface area (Å²) in [6.45, 7) is 4.77. The lowest BCUT2D eigenvalue weighted by Gasteiger charge is -2.36. The SMILES string of the molecule is CCCC(=O)N1CCN(c2ccc(NC(=O)c3ccc(-c4cc(Cl)ccc4Cl)o3)cc2Cl)CC1. The molecule has 1 N–H and O–H groups in total. The first-order chi connectivity index (χ1) is 16.4. The summed E-state index contributed by atoms with van der Waals surface area (Å²) in [5.74, 6) is 0.378. The van der Waals surface area contributed by atoms with Crippen LogP contribution in [-0.2, 0) is 4.79 Å². The number of hydrogen-bond acceptors (Lipinski definition) is 4. The fourth-order valence-corrected chi connectivity index (χ4v) is 4.58. The van der Waals surface area contributed by atoms with Crippen LogP contribution in [0.2, 0.25) is 15.1 Å². The highest BCUT2D eigenvalue weighted by Crippen LogP contribution is 2.33. The van der Waals surface area contributed by atoms with E-state index >= 15 is 0 Å². The van der Waals surface area contributed by atoms with Gasteiger partial charge in [-0.2, -0.15) is 0 Å². The van der Waals surface area contributed by atoms with Crippen LogP contribution in [0.5, 0.6) is 0 Å². The lowest BCUT2D eigenvalue weighted by Crippen LogP contribution is -2.48. The minimum absolute atomic E-state index is 0.138. The quantitative estimate of drug-likeness (QED) is 0.397. The van der Waals surface area contributed by atoms with Crippen LogP contribution in [0.15, 0.2) is 52.9 Å². The molecule has 1 saturated heterocycles. The highest BCUT2D eigenvalue weighted by molar-refractivity contribution is 6.35. The van der Waals surface area contributed by atoms with Gasteiger partial charge in [0, 0.05) is 48.9 Å². The lowest BCUT2D eigenvalue weighted by atomic mass is 10.2. The first kappa shape index (κ1) is 24.5. The number of furan rings is 1. The Hall–Kier alpha value is -2.67. The van der Waals surface area contributed by atoms with E-state index in [0.717, 1.165) is 12.1 Å². The van der Waals surface area contributed by atoms with Crippen molar-refractivity contribution >= 4 is 58.0 Å². The van der Waals surface area contributed by atoms with Crippen LogP contribution in [0.4, 0.5) is 11.4 Å². The van der Waals surface area contributed by atoms with Crippen molar-refractivity contribution in [3.63, 3.8) is 0 Å². The van der Waals surface area contributed by atoms with Gasteiger partial charge in [-0.1, -0.05) is 41.7 Å². The van der Waals surface area contributed by atoms with Crippen molar-refractivity contribution < 1.29 is 14.0 Å². The molecular weight excluding hydrogens is 497 g/mol. The number of rotatable bonds is 6. The zero-order valence-corrected chi connectivity index (χ0v) is 20.9. The van der Waals surface area contributed by atoms with E-state index in [1.165, 1.54) is 0 Å². The molecule has 2 heterocycles. The van der Waals surface area contributed by atoms with Crippen LogP contribution in [-0.4, -0.2) is 42.9 Å². The summed E-state index contributed by atoms with van der Waals surface area (Å²) in [7, 11) is 0. The molecular formula is C25H24Cl3N3O3. The molecule has 0 atom stereocenters. The minimum Gasteiger partial charge on any atom is -0.451 e. The van der Waals surface area contributed by atoms with Gasteiger partial charge < -0.3 is 19.5 Å². The van der Waals surface area contributed by atoms with Crippen LogP contribution in [0, 0.1) is 0 Å². The van der Waals surface area contributed by atoms with Gasteiger partial charge in [0.2, 0.25) is 5.91 Å². The topological polar surface area (TPSA) is 65.8 Å². The molecule has 1 fully saturated rings. The number of anilines is 2. The third kappa shape index (κ3) is 5.52. The predicted molar refractivity (Wildman–Crippen MR) is 137 cm³/mol. The second-order valence-electron chi connectivity index (χ2n) is 8.03. The Kier molecular flexibility index (Phi) is 7.71. The third-order valence-corrected chi connectivity index (χ3v) is 6.53. The molecule has 9 heteroatoms. The molecule has 2 aromatic carbocycles. The van der Waals surface area contributed by atoms with E-state index in [1.807, 2.05) is 17.9 Å². The van der Waals surface area contributed by atoms with Gasteiger partial charge in [-0.15, -0.1) is 0 Å². The van der Waals surface area contributed by atoms with Crippen LogP contribution in [0.25, 0.3) is 11.3 Å². The van der Waals surface area contributed by atoms with Gasteiger partial charge in [-0.05, 0) is 55.0 Å². The van der Waals surface area contributed by atoms with Gasteiger partial charge in [0.1, 0.15) is 5.76 Å². The summed E-state index contributed by atoms with van der Waals surface area (Å²) in [6, 6.07) is 13.7.